The van der Waals surface area contributed by atoms with Crippen molar-refractivity contribution < 1.29 is 22.0 Å². The van der Waals surface area contributed by atoms with Gasteiger partial charge in [0.25, 0.3) is 0 Å². The van der Waals surface area contributed by atoms with Crippen molar-refractivity contribution in [1.29, 1.82) is 0 Å². The minimum atomic E-state index is -3.23. The molecule has 1 aromatic heterocycles. The molecule has 1 fully saturated rings. The van der Waals surface area contributed by atoms with Gasteiger partial charge < -0.3 is 5.32 Å². The molecule has 12 heteroatoms. The first kappa shape index (κ1) is 21.1. The summed E-state index contributed by atoms with van der Waals surface area (Å²) in [5.74, 6) is -1.45. The zero-order valence-electron chi connectivity index (χ0n) is 14.9. The Morgan fingerprint density at radius 1 is 1.25 bits per heavy atom. The van der Waals surface area contributed by atoms with Gasteiger partial charge in [-0.05, 0) is 30.5 Å². The van der Waals surface area contributed by atoms with Gasteiger partial charge in [-0.3, -0.25) is 4.79 Å². The fourth-order valence-corrected chi connectivity index (χ4v) is 5.37. The van der Waals surface area contributed by atoms with E-state index in [0.29, 0.717) is 46.7 Å². The molecule has 0 unspecified atom stereocenters. The lowest BCUT2D eigenvalue weighted by molar-refractivity contribution is -0.120. The number of aromatic nitrogens is 2. The summed E-state index contributed by atoms with van der Waals surface area (Å²) in [6, 6.07) is 3.32. The molecule has 0 aliphatic carbocycles. The van der Waals surface area contributed by atoms with Gasteiger partial charge >= 0.3 is 0 Å². The van der Waals surface area contributed by atoms with Crippen LogP contribution >= 0.6 is 23.1 Å². The van der Waals surface area contributed by atoms with Crippen LogP contribution in [0.3, 0.4) is 0 Å². The van der Waals surface area contributed by atoms with Crippen LogP contribution in [0.2, 0.25) is 0 Å². The van der Waals surface area contributed by atoms with Crippen molar-refractivity contribution in [2.75, 3.05) is 24.7 Å². The molecule has 1 amide bonds. The second-order valence-electron chi connectivity index (χ2n) is 6.37. The summed E-state index contributed by atoms with van der Waals surface area (Å²) >= 11 is 2.44. The molecule has 1 aliphatic heterocycles. The molecule has 7 nitrogen and oxygen atoms in total. The van der Waals surface area contributed by atoms with Gasteiger partial charge in [0, 0.05) is 30.8 Å². The first-order valence-corrected chi connectivity index (χ1v) is 12.0. The summed E-state index contributed by atoms with van der Waals surface area (Å²) in [6.45, 7) is 0.636. The second-order valence-corrected chi connectivity index (χ2v) is 10.5. The number of carbonyl (C=O) groups is 1. The van der Waals surface area contributed by atoms with Gasteiger partial charge in [-0.2, -0.15) is 0 Å². The van der Waals surface area contributed by atoms with E-state index in [4.69, 9.17) is 0 Å². The number of hydrogen-bond acceptors (Lipinski definition) is 7. The molecule has 28 heavy (non-hydrogen) atoms. The zero-order chi connectivity index (χ0) is 20.3. The molecule has 152 valence electrons. The summed E-state index contributed by atoms with van der Waals surface area (Å²) in [7, 11) is -3.23. The topological polar surface area (TPSA) is 92.3 Å². The normalized spacial score (nSPS) is 16.2. The number of piperidine rings is 1. The van der Waals surface area contributed by atoms with E-state index < -0.39 is 21.7 Å². The minimum absolute atomic E-state index is 0.215. The molecule has 1 aliphatic rings. The van der Waals surface area contributed by atoms with Crippen LogP contribution < -0.4 is 5.32 Å². The van der Waals surface area contributed by atoms with E-state index >= 15 is 0 Å². The van der Waals surface area contributed by atoms with Crippen LogP contribution in [0.1, 0.15) is 18.4 Å². The number of sulfonamides is 1. The number of nitrogens with zero attached hydrogens (tertiary/aromatic N) is 3. The summed E-state index contributed by atoms with van der Waals surface area (Å²) in [4.78, 5) is 12.4. The molecular formula is C16H18F2N4O3S3. The molecule has 1 aromatic carbocycles. The van der Waals surface area contributed by atoms with Gasteiger partial charge in [-0.15, -0.1) is 10.2 Å². The maximum absolute atomic E-state index is 13.2. The number of hydrogen-bond donors (Lipinski definition) is 1. The average Bonchev–Trinajstić information content (AvgIpc) is 3.06. The molecule has 0 spiro atoms. The molecule has 0 radical (unpaired) electrons. The van der Waals surface area contributed by atoms with Crippen molar-refractivity contribution in [3.8, 4) is 0 Å². The number of thioether (sulfide) groups is 1. The van der Waals surface area contributed by atoms with E-state index in [1.807, 2.05) is 0 Å². The first-order valence-electron chi connectivity index (χ1n) is 8.38. The Hall–Kier alpha value is -1.63. The molecule has 3 rings (SSSR count). The van der Waals surface area contributed by atoms with Gasteiger partial charge in [-0.1, -0.05) is 23.1 Å². The lowest BCUT2D eigenvalue weighted by Crippen LogP contribution is -2.40. The van der Waals surface area contributed by atoms with E-state index in [1.54, 1.807) is 0 Å². The highest BCUT2D eigenvalue weighted by Crippen LogP contribution is 2.29. The Labute approximate surface area is 169 Å². The highest BCUT2D eigenvalue weighted by molar-refractivity contribution is 8.00. The first-order chi connectivity index (χ1) is 13.2. The van der Waals surface area contributed by atoms with E-state index in [-0.39, 0.29) is 11.8 Å². The zero-order valence-corrected chi connectivity index (χ0v) is 17.3. The second kappa shape index (κ2) is 8.80. The van der Waals surface area contributed by atoms with Crippen molar-refractivity contribution in [2.24, 2.45) is 5.92 Å². The molecule has 0 atom stereocenters. The lowest BCUT2D eigenvalue weighted by Gasteiger charge is -2.29. The minimum Gasteiger partial charge on any atom is -0.300 e. The number of benzene rings is 1. The monoisotopic (exact) mass is 448 g/mol. The van der Waals surface area contributed by atoms with E-state index in [2.05, 4.69) is 15.5 Å². The Balaban J connectivity index is 1.51. The van der Waals surface area contributed by atoms with Crippen molar-refractivity contribution in [2.45, 2.75) is 22.9 Å². The Bertz CT molecular complexity index is 940. The number of rotatable bonds is 6. The molecule has 2 aromatic rings. The van der Waals surface area contributed by atoms with Gasteiger partial charge in [0.15, 0.2) is 4.34 Å². The van der Waals surface area contributed by atoms with Gasteiger partial charge in [-0.25, -0.2) is 21.5 Å². The average molecular weight is 449 g/mol. The fourth-order valence-electron chi connectivity index (χ4n) is 2.82. The molecule has 1 saturated heterocycles. The standard InChI is InChI=1S/C16H18F2N4O3S3/c1-28(24,25)22-4-2-11(3-5-22)14(23)19-15-20-21-16(27-15)26-9-10-6-12(17)8-13(18)7-10/h6-8,11H,2-5,9H2,1H3,(H,19,20,23). The molecular weight excluding hydrogens is 430 g/mol. The highest BCUT2D eigenvalue weighted by atomic mass is 32.2. The summed E-state index contributed by atoms with van der Waals surface area (Å²) in [5, 5.41) is 10.9. The SMILES string of the molecule is CS(=O)(=O)N1CCC(C(=O)Nc2nnc(SCc3cc(F)cc(F)c3)s2)CC1. The maximum Gasteiger partial charge on any atom is 0.229 e. The predicted octanol–water partition coefficient (Wildman–Crippen LogP) is 2.72. The number of carbonyl (C=O) groups excluding carboxylic acids is 1. The van der Waals surface area contributed by atoms with Gasteiger partial charge in [0.2, 0.25) is 21.1 Å². The predicted molar refractivity (Wildman–Crippen MR) is 104 cm³/mol. The van der Waals surface area contributed by atoms with Crippen molar-refractivity contribution >= 4 is 44.2 Å². The highest BCUT2D eigenvalue weighted by Gasteiger charge is 2.29. The van der Waals surface area contributed by atoms with Crippen molar-refractivity contribution in [3.63, 3.8) is 0 Å². The number of halogens is 2. The Morgan fingerprint density at radius 3 is 2.50 bits per heavy atom. The van der Waals surface area contributed by atoms with Gasteiger partial charge in [0.1, 0.15) is 11.6 Å². The third-order valence-corrected chi connectivity index (χ3v) is 7.56. The maximum atomic E-state index is 13.2. The van der Waals surface area contributed by atoms with Crippen LogP contribution in [0.5, 0.6) is 0 Å². The molecule has 2 heterocycles. The van der Waals surface area contributed by atoms with Crippen LogP contribution in [0.4, 0.5) is 13.9 Å². The van der Waals surface area contributed by atoms with E-state index in [9.17, 15) is 22.0 Å². The number of amides is 1. The van der Waals surface area contributed by atoms with Crippen LogP contribution in [0.25, 0.3) is 0 Å². The lowest BCUT2D eigenvalue weighted by atomic mass is 9.97. The van der Waals surface area contributed by atoms with Crippen molar-refractivity contribution in [1.82, 2.24) is 14.5 Å². The smallest absolute Gasteiger partial charge is 0.229 e. The summed E-state index contributed by atoms with van der Waals surface area (Å²) in [5.41, 5.74) is 0.487. The third-order valence-electron chi connectivity index (χ3n) is 4.21. The number of nitrogens with one attached hydrogen (secondary N) is 1. The van der Waals surface area contributed by atoms with E-state index in [0.717, 1.165) is 12.3 Å². The van der Waals surface area contributed by atoms with Crippen LogP contribution in [-0.2, 0) is 20.6 Å². The molecule has 0 saturated carbocycles. The van der Waals surface area contributed by atoms with Crippen LogP contribution in [-0.4, -0.2) is 48.2 Å². The van der Waals surface area contributed by atoms with Crippen LogP contribution in [0.15, 0.2) is 22.5 Å². The summed E-state index contributed by atoms with van der Waals surface area (Å²) < 4.78 is 51.4. The number of anilines is 1. The van der Waals surface area contributed by atoms with Crippen molar-refractivity contribution in [3.05, 3.63) is 35.4 Å². The summed E-state index contributed by atoms with van der Waals surface area (Å²) in [6.07, 6.45) is 2.06. The van der Waals surface area contributed by atoms with Gasteiger partial charge in [0.05, 0.1) is 6.26 Å². The largest absolute Gasteiger partial charge is 0.300 e. The third kappa shape index (κ3) is 5.69. The fraction of sp³-hybridized carbons (Fsp3) is 0.438. The van der Waals surface area contributed by atoms with E-state index in [1.165, 1.54) is 39.5 Å². The Morgan fingerprint density at radius 2 is 1.89 bits per heavy atom. The molecule has 0 bridgehead atoms. The van der Waals surface area contributed by atoms with Crippen LogP contribution in [0, 0.1) is 17.6 Å². The Kier molecular flexibility index (Phi) is 6.63. The quantitative estimate of drug-likeness (QED) is 0.540. The molecule has 1 N–H and O–H groups in total.